The summed E-state index contributed by atoms with van der Waals surface area (Å²) < 4.78 is 17.6. The Balaban J connectivity index is 2.66. The van der Waals surface area contributed by atoms with Crippen LogP contribution in [0.25, 0.3) is 0 Å². The van der Waals surface area contributed by atoms with Gasteiger partial charge in [-0.05, 0) is 18.1 Å². The van der Waals surface area contributed by atoms with Crippen LogP contribution in [0.2, 0.25) is 0 Å². The fraction of sp³-hybridized carbons (Fsp3) is 0.500. The molecule has 0 aliphatic rings. The van der Waals surface area contributed by atoms with E-state index in [0.29, 0.717) is 12.2 Å². The molecule has 1 aromatic heterocycles. The van der Waals surface area contributed by atoms with Gasteiger partial charge in [0.25, 0.3) is 5.91 Å². The smallest absolute Gasteiger partial charge is 0.253 e. The van der Waals surface area contributed by atoms with E-state index in [1.165, 1.54) is 12.3 Å². The molecule has 94 valence electrons. The minimum absolute atomic E-state index is 0.0717. The van der Waals surface area contributed by atoms with Crippen molar-refractivity contribution in [3.63, 3.8) is 0 Å². The number of carbonyl (C=O) groups is 1. The normalized spacial score (nSPS) is 12.5. The number of hydrogen-bond donors (Lipinski definition) is 1. The van der Waals surface area contributed by atoms with Gasteiger partial charge >= 0.3 is 0 Å². The highest BCUT2D eigenvalue weighted by atomic mass is 19.1. The van der Waals surface area contributed by atoms with Crippen molar-refractivity contribution in [2.75, 3.05) is 13.7 Å². The minimum Gasteiger partial charge on any atom is -0.383 e. The molecule has 0 aliphatic heterocycles. The molecule has 0 fully saturated rings. The zero-order valence-electron chi connectivity index (χ0n) is 10.2. The Morgan fingerprint density at radius 2 is 2.24 bits per heavy atom. The van der Waals surface area contributed by atoms with E-state index in [9.17, 15) is 9.18 Å². The van der Waals surface area contributed by atoms with E-state index >= 15 is 0 Å². The molecule has 1 unspecified atom stereocenters. The summed E-state index contributed by atoms with van der Waals surface area (Å²) in [5.41, 5.74) is 0.341. The minimum atomic E-state index is -0.598. The largest absolute Gasteiger partial charge is 0.383 e. The number of carbonyl (C=O) groups excluding carboxylic acids is 1. The molecule has 0 aliphatic carbocycles. The fourth-order valence-electron chi connectivity index (χ4n) is 1.34. The molecule has 1 heterocycles. The third kappa shape index (κ3) is 4.11. The van der Waals surface area contributed by atoms with E-state index in [4.69, 9.17) is 4.74 Å². The van der Waals surface area contributed by atoms with E-state index in [1.807, 2.05) is 13.8 Å². The van der Waals surface area contributed by atoms with Crippen LogP contribution in [-0.4, -0.2) is 30.6 Å². The van der Waals surface area contributed by atoms with Crippen molar-refractivity contribution >= 4 is 5.91 Å². The molecule has 1 N–H and O–H groups in total. The molecule has 0 saturated heterocycles. The molecule has 0 spiro atoms. The molecule has 0 bridgehead atoms. The molecule has 0 radical (unpaired) electrons. The molecule has 4 nitrogen and oxygen atoms in total. The first-order valence-electron chi connectivity index (χ1n) is 5.46. The third-order valence-corrected chi connectivity index (χ3v) is 2.46. The Kier molecular flexibility index (Phi) is 5.03. The average molecular weight is 240 g/mol. The fourth-order valence-corrected chi connectivity index (χ4v) is 1.34. The standard InChI is InChI=1S/C12H17FN2O2/c1-8(2)10(7-17-3)15-12(16)9-4-5-11(13)14-6-9/h4-6,8,10H,7H2,1-3H3,(H,15,16). The molecule has 17 heavy (non-hydrogen) atoms. The van der Waals surface area contributed by atoms with Gasteiger partial charge in [-0.25, -0.2) is 4.98 Å². The van der Waals surface area contributed by atoms with Crippen LogP contribution in [0.15, 0.2) is 18.3 Å². The highest BCUT2D eigenvalue weighted by molar-refractivity contribution is 5.94. The number of nitrogens with one attached hydrogen (secondary N) is 1. The first-order valence-corrected chi connectivity index (χ1v) is 5.46. The maximum atomic E-state index is 12.6. The van der Waals surface area contributed by atoms with Gasteiger partial charge in [0, 0.05) is 13.3 Å². The zero-order chi connectivity index (χ0) is 12.8. The van der Waals surface area contributed by atoms with Crippen LogP contribution in [0.5, 0.6) is 0 Å². The summed E-state index contributed by atoms with van der Waals surface area (Å²) in [7, 11) is 1.58. The topological polar surface area (TPSA) is 51.2 Å². The number of hydrogen-bond acceptors (Lipinski definition) is 3. The summed E-state index contributed by atoms with van der Waals surface area (Å²) >= 11 is 0. The predicted octanol–water partition coefficient (Wildman–Crippen LogP) is 1.62. The number of pyridine rings is 1. The lowest BCUT2D eigenvalue weighted by Crippen LogP contribution is -2.41. The SMILES string of the molecule is COCC(NC(=O)c1ccc(F)nc1)C(C)C. The van der Waals surface area contributed by atoms with E-state index in [-0.39, 0.29) is 17.9 Å². The summed E-state index contributed by atoms with van der Waals surface area (Å²) in [4.78, 5) is 15.3. The molecule has 0 aromatic carbocycles. The molecule has 1 amide bonds. The first kappa shape index (κ1) is 13.6. The van der Waals surface area contributed by atoms with Crippen molar-refractivity contribution in [1.82, 2.24) is 10.3 Å². The van der Waals surface area contributed by atoms with Crippen LogP contribution in [0.3, 0.4) is 0 Å². The lowest BCUT2D eigenvalue weighted by atomic mass is 10.1. The molecule has 1 aromatic rings. The van der Waals surface area contributed by atoms with Crippen molar-refractivity contribution in [2.24, 2.45) is 5.92 Å². The number of rotatable bonds is 5. The van der Waals surface area contributed by atoms with Crippen molar-refractivity contribution < 1.29 is 13.9 Å². The van der Waals surface area contributed by atoms with Crippen LogP contribution >= 0.6 is 0 Å². The summed E-state index contributed by atoms with van der Waals surface area (Å²) in [5, 5.41) is 2.83. The predicted molar refractivity (Wildman–Crippen MR) is 62.2 cm³/mol. The maximum absolute atomic E-state index is 12.6. The Labute approximate surface area is 100 Å². The van der Waals surface area contributed by atoms with Crippen molar-refractivity contribution in [3.05, 3.63) is 29.8 Å². The first-order chi connectivity index (χ1) is 8.04. The molecule has 1 rings (SSSR count). The second-order valence-electron chi connectivity index (χ2n) is 4.15. The Morgan fingerprint density at radius 1 is 1.53 bits per heavy atom. The number of amides is 1. The van der Waals surface area contributed by atoms with Crippen LogP contribution in [0.4, 0.5) is 4.39 Å². The number of nitrogens with zero attached hydrogens (tertiary/aromatic N) is 1. The van der Waals surface area contributed by atoms with Gasteiger partial charge in [-0.15, -0.1) is 0 Å². The van der Waals surface area contributed by atoms with E-state index in [1.54, 1.807) is 7.11 Å². The second kappa shape index (κ2) is 6.30. The van der Waals surface area contributed by atoms with E-state index in [2.05, 4.69) is 10.3 Å². The molecule has 1 atom stereocenters. The Hall–Kier alpha value is -1.49. The lowest BCUT2D eigenvalue weighted by Gasteiger charge is -2.21. The average Bonchev–Trinajstić information content (AvgIpc) is 2.29. The van der Waals surface area contributed by atoms with Crippen molar-refractivity contribution in [3.8, 4) is 0 Å². The maximum Gasteiger partial charge on any atom is 0.253 e. The van der Waals surface area contributed by atoms with E-state index < -0.39 is 5.95 Å². The summed E-state index contributed by atoms with van der Waals surface area (Å²) in [6.07, 6.45) is 1.22. The molecular weight excluding hydrogens is 223 g/mol. The number of methoxy groups -OCH3 is 1. The van der Waals surface area contributed by atoms with Gasteiger partial charge in [0.2, 0.25) is 5.95 Å². The third-order valence-electron chi connectivity index (χ3n) is 2.46. The van der Waals surface area contributed by atoms with Gasteiger partial charge in [-0.2, -0.15) is 4.39 Å². The zero-order valence-corrected chi connectivity index (χ0v) is 10.2. The lowest BCUT2D eigenvalue weighted by molar-refractivity contribution is 0.0866. The second-order valence-corrected chi connectivity index (χ2v) is 4.15. The molecule has 5 heteroatoms. The van der Waals surface area contributed by atoms with E-state index in [0.717, 1.165) is 6.07 Å². The number of ether oxygens (including phenoxy) is 1. The summed E-state index contributed by atoms with van der Waals surface area (Å²) in [6.45, 7) is 4.43. The van der Waals surface area contributed by atoms with Crippen LogP contribution in [0, 0.1) is 11.9 Å². The van der Waals surface area contributed by atoms with Gasteiger partial charge in [0.15, 0.2) is 0 Å². The summed E-state index contributed by atoms with van der Waals surface area (Å²) in [6, 6.07) is 2.50. The Bertz CT molecular complexity index is 365. The molecular formula is C12H17FN2O2. The van der Waals surface area contributed by atoms with Gasteiger partial charge in [-0.1, -0.05) is 13.8 Å². The van der Waals surface area contributed by atoms with Crippen LogP contribution in [0.1, 0.15) is 24.2 Å². The van der Waals surface area contributed by atoms with Crippen LogP contribution < -0.4 is 5.32 Å². The van der Waals surface area contributed by atoms with Gasteiger partial charge in [-0.3, -0.25) is 4.79 Å². The van der Waals surface area contributed by atoms with Crippen LogP contribution in [-0.2, 0) is 4.74 Å². The van der Waals surface area contributed by atoms with Gasteiger partial charge in [0.1, 0.15) is 0 Å². The monoisotopic (exact) mass is 240 g/mol. The molecule has 0 saturated carbocycles. The van der Waals surface area contributed by atoms with Crippen molar-refractivity contribution in [2.45, 2.75) is 19.9 Å². The Morgan fingerprint density at radius 3 is 2.71 bits per heavy atom. The van der Waals surface area contributed by atoms with Crippen molar-refractivity contribution in [1.29, 1.82) is 0 Å². The van der Waals surface area contributed by atoms with Gasteiger partial charge < -0.3 is 10.1 Å². The highest BCUT2D eigenvalue weighted by Crippen LogP contribution is 2.05. The number of halogens is 1. The number of aromatic nitrogens is 1. The van der Waals surface area contributed by atoms with Gasteiger partial charge in [0.05, 0.1) is 18.2 Å². The quantitative estimate of drug-likeness (QED) is 0.796. The highest BCUT2D eigenvalue weighted by Gasteiger charge is 2.17. The summed E-state index contributed by atoms with van der Waals surface area (Å²) in [5.74, 6) is -0.612.